The third-order valence-corrected chi connectivity index (χ3v) is 4.70. The lowest BCUT2D eigenvalue weighted by Gasteiger charge is -2.18. The first-order valence-corrected chi connectivity index (χ1v) is 8.57. The number of ketones is 1. The minimum atomic E-state index is -0.962. The van der Waals surface area contributed by atoms with E-state index in [0.717, 1.165) is 11.3 Å². The molecule has 1 aromatic carbocycles. The molecule has 1 atom stereocenters. The molecule has 7 nitrogen and oxygen atoms in total. The zero-order chi connectivity index (χ0) is 19.0. The first-order chi connectivity index (χ1) is 13.0. The Bertz CT molecular complexity index is 1030. The summed E-state index contributed by atoms with van der Waals surface area (Å²) in [6, 6.07) is 13.0. The number of Topliss-reactive ketones (excluding diaryl/α,β-unsaturated/α-hetero) is 1. The van der Waals surface area contributed by atoms with Crippen molar-refractivity contribution < 1.29 is 14.7 Å². The summed E-state index contributed by atoms with van der Waals surface area (Å²) in [5, 5.41) is 12.7. The lowest BCUT2D eigenvalue weighted by molar-refractivity contribution is -0.141. The Balaban J connectivity index is 1.86. The van der Waals surface area contributed by atoms with Crippen molar-refractivity contribution in [3.8, 4) is 11.3 Å². The second-order valence-electron chi connectivity index (χ2n) is 6.56. The summed E-state index contributed by atoms with van der Waals surface area (Å²) in [5.74, 6) is -1.51. The molecule has 27 heavy (non-hydrogen) atoms. The van der Waals surface area contributed by atoms with Gasteiger partial charge in [-0.25, -0.2) is 4.98 Å². The Morgan fingerprint density at radius 1 is 1.22 bits per heavy atom. The summed E-state index contributed by atoms with van der Waals surface area (Å²) < 4.78 is 0. The van der Waals surface area contributed by atoms with Crippen LogP contribution in [0.1, 0.15) is 22.5 Å². The average Bonchev–Trinajstić information content (AvgIpc) is 3.01. The number of anilines is 3. The number of nitrogen functional groups attached to an aromatic ring is 1. The molecule has 3 aromatic rings. The van der Waals surface area contributed by atoms with Crippen molar-refractivity contribution in [2.24, 2.45) is 5.92 Å². The van der Waals surface area contributed by atoms with Crippen LogP contribution >= 0.6 is 0 Å². The van der Waals surface area contributed by atoms with Crippen LogP contribution in [0.4, 0.5) is 17.2 Å². The first kappa shape index (κ1) is 16.8. The maximum absolute atomic E-state index is 12.8. The maximum Gasteiger partial charge on any atom is 0.307 e. The number of rotatable bonds is 4. The molecule has 0 radical (unpaired) electrons. The van der Waals surface area contributed by atoms with Gasteiger partial charge in [-0.2, -0.15) is 0 Å². The number of carbonyl (C=O) groups is 2. The summed E-state index contributed by atoms with van der Waals surface area (Å²) in [7, 11) is 0. The molecule has 0 amide bonds. The molecule has 0 bridgehead atoms. The number of H-pyrrole nitrogens is 1. The van der Waals surface area contributed by atoms with Crippen molar-refractivity contribution in [1.29, 1.82) is 0 Å². The summed E-state index contributed by atoms with van der Waals surface area (Å²) >= 11 is 0. The molecular weight excluding hydrogens is 344 g/mol. The van der Waals surface area contributed by atoms with Gasteiger partial charge < -0.3 is 21.1 Å². The summed E-state index contributed by atoms with van der Waals surface area (Å²) in [4.78, 5) is 31.4. The minimum Gasteiger partial charge on any atom is -0.481 e. The summed E-state index contributed by atoms with van der Waals surface area (Å²) in [6.07, 6.45) is 1.86. The molecule has 7 heteroatoms. The van der Waals surface area contributed by atoms with Crippen molar-refractivity contribution in [2.45, 2.75) is 12.8 Å². The molecule has 0 saturated carbocycles. The molecule has 0 saturated heterocycles. The van der Waals surface area contributed by atoms with Crippen molar-refractivity contribution in [3.63, 3.8) is 0 Å². The first-order valence-electron chi connectivity index (χ1n) is 8.57. The summed E-state index contributed by atoms with van der Waals surface area (Å²) in [5.41, 5.74) is 9.89. The monoisotopic (exact) mass is 362 g/mol. The highest BCUT2D eigenvalue weighted by Gasteiger charge is 2.34. The number of nitrogens with two attached hydrogens (primary N) is 1. The van der Waals surface area contributed by atoms with Gasteiger partial charge in [0, 0.05) is 36.0 Å². The fourth-order valence-corrected chi connectivity index (χ4v) is 3.44. The molecule has 1 aliphatic rings. The highest BCUT2D eigenvalue weighted by molar-refractivity contribution is 6.08. The van der Waals surface area contributed by atoms with Crippen LogP contribution in [0.5, 0.6) is 0 Å². The Kier molecular flexibility index (Phi) is 4.12. The van der Waals surface area contributed by atoms with Gasteiger partial charge in [-0.1, -0.05) is 18.2 Å². The van der Waals surface area contributed by atoms with E-state index >= 15 is 0 Å². The second-order valence-corrected chi connectivity index (χ2v) is 6.56. The molecule has 0 aliphatic heterocycles. The van der Waals surface area contributed by atoms with E-state index in [2.05, 4.69) is 15.3 Å². The molecule has 136 valence electrons. The number of aromatic amines is 1. The number of nitrogens with zero attached hydrogens (tertiary/aromatic N) is 1. The predicted molar refractivity (Wildman–Crippen MR) is 102 cm³/mol. The zero-order valence-corrected chi connectivity index (χ0v) is 14.4. The van der Waals surface area contributed by atoms with Crippen LogP contribution in [-0.2, 0) is 11.2 Å². The number of aliphatic carboxylic acids is 1. The van der Waals surface area contributed by atoms with Crippen LogP contribution in [0.2, 0.25) is 0 Å². The van der Waals surface area contributed by atoms with Crippen molar-refractivity contribution in [2.75, 3.05) is 11.1 Å². The molecule has 0 spiro atoms. The molecular formula is C20H18N4O3. The fraction of sp³-hybridized carbons (Fsp3) is 0.150. The van der Waals surface area contributed by atoms with Gasteiger partial charge in [0.05, 0.1) is 22.9 Å². The van der Waals surface area contributed by atoms with Crippen molar-refractivity contribution >= 4 is 28.9 Å². The largest absolute Gasteiger partial charge is 0.481 e. The zero-order valence-electron chi connectivity index (χ0n) is 14.4. The van der Waals surface area contributed by atoms with E-state index in [1.165, 1.54) is 0 Å². The Labute approximate surface area is 155 Å². The number of hydrogen-bond acceptors (Lipinski definition) is 5. The van der Waals surface area contributed by atoms with Gasteiger partial charge in [-0.15, -0.1) is 0 Å². The Hall–Kier alpha value is -3.61. The van der Waals surface area contributed by atoms with Crippen LogP contribution in [0.3, 0.4) is 0 Å². The van der Waals surface area contributed by atoms with Crippen LogP contribution in [0, 0.1) is 5.92 Å². The van der Waals surface area contributed by atoms with Crippen LogP contribution < -0.4 is 11.1 Å². The van der Waals surface area contributed by atoms with Gasteiger partial charge in [-0.05, 0) is 24.3 Å². The summed E-state index contributed by atoms with van der Waals surface area (Å²) in [6.45, 7) is 0. The van der Waals surface area contributed by atoms with Gasteiger partial charge in [0.1, 0.15) is 5.82 Å². The van der Waals surface area contributed by atoms with E-state index in [4.69, 9.17) is 5.73 Å². The normalized spacial score (nSPS) is 16.0. The van der Waals surface area contributed by atoms with Crippen molar-refractivity contribution in [3.05, 3.63) is 59.9 Å². The minimum absolute atomic E-state index is 0.0123. The number of nitrogens with one attached hydrogen (secondary N) is 2. The standard InChI is InChI=1S/C20H18N4O3/c21-16-10-11(6-7-22-16)18-19(23-13-4-2-1-3-5-13)17-14(24-18)8-12(20(26)27)9-15(17)25/h1-7,10,12,23-24H,8-9H2,(H2,21,22)(H,26,27). The van der Waals surface area contributed by atoms with E-state index in [9.17, 15) is 14.7 Å². The van der Waals surface area contributed by atoms with Gasteiger partial charge in [-0.3, -0.25) is 9.59 Å². The van der Waals surface area contributed by atoms with Gasteiger partial charge >= 0.3 is 5.97 Å². The second kappa shape index (κ2) is 6.60. The van der Waals surface area contributed by atoms with E-state index < -0.39 is 11.9 Å². The number of carbonyl (C=O) groups excluding carboxylic acids is 1. The number of benzene rings is 1. The average molecular weight is 362 g/mol. The van der Waals surface area contributed by atoms with E-state index in [0.29, 0.717) is 28.5 Å². The number of aromatic nitrogens is 2. The smallest absolute Gasteiger partial charge is 0.307 e. The third-order valence-electron chi connectivity index (χ3n) is 4.70. The molecule has 4 rings (SSSR count). The SMILES string of the molecule is Nc1cc(-c2[nH]c3c(c2Nc2ccccc2)C(=O)CC(C(=O)O)C3)ccn1. The van der Waals surface area contributed by atoms with Crippen LogP contribution in [0.15, 0.2) is 48.7 Å². The molecule has 0 fully saturated rings. The molecule has 1 unspecified atom stereocenters. The Morgan fingerprint density at radius 2 is 2.00 bits per heavy atom. The lowest BCUT2D eigenvalue weighted by Crippen LogP contribution is -2.26. The quantitative estimate of drug-likeness (QED) is 0.565. The van der Waals surface area contributed by atoms with Crippen molar-refractivity contribution in [1.82, 2.24) is 9.97 Å². The van der Waals surface area contributed by atoms with Crippen LogP contribution in [0.25, 0.3) is 11.3 Å². The number of fused-ring (bicyclic) bond motifs is 1. The third kappa shape index (κ3) is 3.15. The van der Waals surface area contributed by atoms with E-state index in [1.807, 2.05) is 30.3 Å². The highest BCUT2D eigenvalue weighted by atomic mass is 16.4. The van der Waals surface area contributed by atoms with Crippen LogP contribution in [-0.4, -0.2) is 26.8 Å². The number of carboxylic acid groups (broad SMARTS) is 1. The highest BCUT2D eigenvalue weighted by Crippen LogP contribution is 2.40. The molecule has 2 aromatic heterocycles. The molecule has 5 N–H and O–H groups in total. The maximum atomic E-state index is 12.8. The van der Waals surface area contributed by atoms with Gasteiger partial charge in [0.2, 0.25) is 0 Å². The lowest BCUT2D eigenvalue weighted by atomic mass is 9.86. The number of pyridine rings is 1. The Morgan fingerprint density at radius 3 is 2.70 bits per heavy atom. The number of hydrogen-bond donors (Lipinski definition) is 4. The van der Waals surface area contributed by atoms with E-state index in [1.54, 1.807) is 18.3 Å². The molecule has 1 aliphatic carbocycles. The fourth-order valence-electron chi connectivity index (χ4n) is 3.44. The topological polar surface area (TPSA) is 121 Å². The van der Waals surface area contributed by atoms with Gasteiger partial charge in [0.15, 0.2) is 5.78 Å². The predicted octanol–water partition coefficient (Wildman–Crippen LogP) is 3.23. The number of carboxylic acids is 1. The van der Waals surface area contributed by atoms with Gasteiger partial charge in [0.25, 0.3) is 0 Å². The number of para-hydroxylation sites is 1. The molecule has 2 heterocycles. The van der Waals surface area contributed by atoms with E-state index in [-0.39, 0.29) is 18.6 Å².